The summed E-state index contributed by atoms with van der Waals surface area (Å²) in [6.07, 6.45) is 4.46. The van der Waals surface area contributed by atoms with Crippen LogP contribution in [0.2, 0.25) is 0 Å². The van der Waals surface area contributed by atoms with Crippen LogP contribution in [-0.4, -0.2) is 42.0 Å². The SMILES string of the molecule is CC(C)c1ccc(C(=O)Nc2sccc2C(=O)N2CCOC3CCCCC32)cc1. The fourth-order valence-corrected chi connectivity index (χ4v) is 5.05. The fourth-order valence-electron chi connectivity index (χ4n) is 4.27. The third-order valence-electron chi connectivity index (χ3n) is 5.96. The summed E-state index contributed by atoms with van der Waals surface area (Å²) < 4.78 is 5.90. The smallest absolute Gasteiger partial charge is 0.257 e. The van der Waals surface area contributed by atoms with Gasteiger partial charge in [-0.15, -0.1) is 11.3 Å². The maximum atomic E-state index is 13.3. The van der Waals surface area contributed by atoms with Crippen molar-refractivity contribution in [2.45, 2.75) is 57.6 Å². The van der Waals surface area contributed by atoms with Crippen LogP contribution in [0.1, 0.15) is 71.7 Å². The highest BCUT2D eigenvalue weighted by Crippen LogP contribution is 2.32. The number of benzene rings is 1. The molecule has 1 aliphatic heterocycles. The molecule has 2 unspecified atom stereocenters. The summed E-state index contributed by atoms with van der Waals surface area (Å²) in [4.78, 5) is 28.0. The Bertz CT molecular complexity index is 873. The number of rotatable bonds is 4. The lowest BCUT2D eigenvalue weighted by atomic mass is 9.90. The molecule has 6 heteroatoms. The lowest BCUT2D eigenvalue weighted by molar-refractivity contribution is -0.0752. The maximum absolute atomic E-state index is 13.3. The number of anilines is 1. The van der Waals surface area contributed by atoms with E-state index in [1.165, 1.54) is 23.3 Å². The Morgan fingerprint density at radius 1 is 1.14 bits per heavy atom. The van der Waals surface area contributed by atoms with Crippen LogP contribution in [0.15, 0.2) is 35.7 Å². The molecule has 2 aromatic rings. The molecule has 1 saturated heterocycles. The zero-order valence-corrected chi connectivity index (χ0v) is 17.8. The fraction of sp³-hybridized carbons (Fsp3) is 0.478. The molecule has 1 N–H and O–H groups in total. The zero-order chi connectivity index (χ0) is 20.4. The Hall–Kier alpha value is -2.18. The molecule has 29 heavy (non-hydrogen) atoms. The van der Waals surface area contributed by atoms with E-state index in [0.717, 1.165) is 19.3 Å². The number of hydrogen-bond donors (Lipinski definition) is 1. The third-order valence-corrected chi connectivity index (χ3v) is 6.79. The number of nitrogens with zero attached hydrogens (tertiary/aromatic N) is 1. The Balaban J connectivity index is 1.49. The predicted molar refractivity (Wildman–Crippen MR) is 116 cm³/mol. The number of amides is 2. The van der Waals surface area contributed by atoms with Gasteiger partial charge in [0.2, 0.25) is 0 Å². The lowest BCUT2D eigenvalue weighted by Gasteiger charge is -2.43. The molecule has 2 amide bonds. The van der Waals surface area contributed by atoms with Crippen LogP contribution in [0.5, 0.6) is 0 Å². The number of carbonyl (C=O) groups excluding carboxylic acids is 2. The first-order chi connectivity index (χ1) is 14.0. The highest BCUT2D eigenvalue weighted by molar-refractivity contribution is 7.14. The Morgan fingerprint density at radius 3 is 2.66 bits per heavy atom. The van der Waals surface area contributed by atoms with Crippen LogP contribution < -0.4 is 5.32 Å². The van der Waals surface area contributed by atoms with Crippen LogP contribution in [0.3, 0.4) is 0 Å². The van der Waals surface area contributed by atoms with Gasteiger partial charge in [-0.3, -0.25) is 9.59 Å². The predicted octanol–water partition coefficient (Wildman–Crippen LogP) is 4.91. The van der Waals surface area contributed by atoms with Gasteiger partial charge in [-0.2, -0.15) is 0 Å². The van der Waals surface area contributed by atoms with Crippen molar-refractivity contribution in [2.24, 2.45) is 0 Å². The summed E-state index contributed by atoms with van der Waals surface area (Å²) in [5, 5.41) is 5.43. The van der Waals surface area contributed by atoms with Crippen molar-refractivity contribution in [1.29, 1.82) is 0 Å². The highest BCUT2D eigenvalue weighted by atomic mass is 32.1. The lowest BCUT2D eigenvalue weighted by Crippen LogP contribution is -2.54. The minimum atomic E-state index is -0.186. The molecule has 2 heterocycles. The van der Waals surface area contributed by atoms with Crippen molar-refractivity contribution < 1.29 is 14.3 Å². The quantitative estimate of drug-likeness (QED) is 0.776. The second-order valence-electron chi connectivity index (χ2n) is 8.15. The summed E-state index contributed by atoms with van der Waals surface area (Å²) in [6.45, 7) is 5.45. The molecule has 2 aliphatic rings. The van der Waals surface area contributed by atoms with Crippen molar-refractivity contribution >= 4 is 28.2 Å². The van der Waals surface area contributed by atoms with Crippen LogP contribution in [-0.2, 0) is 4.74 Å². The van der Waals surface area contributed by atoms with Gasteiger partial charge in [-0.05, 0) is 47.9 Å². The van der Waals surface area contributed by atoms with E-state index < -0.39 is 0 Å². The molecule has 2 atom stereocenters. The van der Waals surface area contributed by atoms with E-state index in [2.05, 4.69) is 19.2 Å². The van der Waals surface area contributed by atoms with E-state index in [4.69, 9.17) is 4.74 Å². The molecular formula is C23H28N2O3S. The zero-order valence-electron chi connectivity index (χ0n) is 17.0. The first kappa shape index (κ1) is 20.1. The molecule has 2 fully saturated rings. The molecule has 1 saturated carbocycles. The minimum Gasteiger partial charge on any atom is -0.374 e. The third kappa shape index (κ3) is 4.23. The molecule has 0 spiro atoms. The monoisotopic (exact) mass is 412 g/mol. The van der Waals surface area contributed by atoms with Crippen molar-refractivity contribution in [3.8, 4) is 0 Å². The van der Waals surface area contributed by atoms with E-state index in [0.29, 0.717) is 35.2 Å². The van der Waals surface area contributed by atoms with E-state index in [1.807, 2.05) is 40.6 Å². The van der Waals surface area contributed by atoms with Gasteiger partial charge < -0.3 is 15.0 Å². The number of carbonyl (C=O) groups is 2. The molecule has 4 rings (SSSR count). The second-order valence-corrected chi connectivity index (χ2v) is 9.07. The standard InChI is InChI=1S/C23H28N2O3S/c1-15(2)16-7-9-17(10-8-16)21(26)24-22-18(11-14-29-22)23(27)25-12-13-28-20-6-4-3-5-19(20)25/h7-11,14-15,19-20H,3-6,12-13H2,1-2H3,(H,24,26). The number of nitrogens with one attached hydrogen (secondary N) is 1. The Labute approximate surface area is 176 Å². The summed E-state index contributed by atoms with van der Waals surface area (Å²) in [7, 11) is 0. The number of ether oxygens (including phenoxy) is 1. The number of thiophene rings is 1. The molecule has 1 aromatic carbocycles. The van der Waals surface area contributed by atoms with Gasteiger partial charge >= 0.3 is 0 Å². The van der Waals surface area contributed by atoms with E-state index in [1.54, 1.807) is 0 Å². The maximum Gasteiger partial charge on any atom is 0.257 e. The molecule has 0 radical (unpaired) electrons. The van der Waals surface area contributed by atoms with Gasteiger partial charge in [0, 0.05) is 12.1 Å². The summed E-state index contributed by atoms with van der Waals surface area (Å²) in [5.74, 6) is 0.233. The summed E-state index contributed by atoms with van der Waals surface area (Å²) in [6, 6.07) is 9.62. The molecular weight excluding hydrogens is 384 g/mol. The van der Waals surface area contributed by atoms with Crippen molar-refractivity contribution in [3.63, 3.8) is 0 Å². The Morgan fingerprint density at radius 2 is 1.90 bits per heavy atom. The van der Waals surface area contributed by atoms with Gasteiger partial charge in [-0.25, -0.2) is 0 Å². The van der Waals surface area contributed by atoms with Gasteiger partial charge in [0.25, 0.3) is 11.8 Å². The molecule has 0 bridgehead atoms. The normalized spacial score (nSPS) is 21.7. The molecule has 1 aliphatic carbocycles. The van der Waals surface area contributed by atoms with Crippen LogP contribution in [0, 0.1) is 0 Å². The van der Waals surface area contributed by atoms with Gasteiger partial charge in [-0.1, -0.05) is 38.8 Å². The average Bonchev–Trinajstić information content (AvgIpc) is 3.21. The largest absolute Gasteiger partial charge is 0.374 e. The summed E-state index contributed by atoms with van der Waals surface area (Å²) in [5.41, 5.74) is 2.37. The minimum absolute atomic E-state index is 0.00287. The highest BCUT2D eigenvalue weighted by Gasteiger charge is 2.37. The first-order valence-electron chi connectivity index (χ1n) is 10.5. The van der Waals surface area contributed by atoms with Crippen LogP contribution in [0.4, 0.5) is 5.00 Å². The van der Waals surface area contributed by atoms with Crippen molar-refractivity contribution in [2.75, 3.05) is 18.5 Å². The summed E-state index contributed by atoms with van der Waals surface area (Å²) >= 11 is 1.39. The molecule has 154 valence electrons. The van der Waals surface area contributed by atoms with Crippen molar-refractivity contribution in [3.05, 3.63) is 52.4 Å². The van der Waals surface area contributed by atoms with Crippen molar-refractivity contribution in [1.82, 2.24) is 4.90 Å². The number of hydrogen-bond acceptors (Lipinski definition) is 4. The Kier molecular flexibility index (Phi) is 6.01. The van der Waals surface area contributed by atoms with E-state index in [-0.39, 0.29) is 24.0 Å². The first-order valence-corrected chi connectivity index (χ1v) is 11.3. The molecule has 5 nitrogen and oxygen atoms in total. The molecule has 1 aromatic heterocycles. The average molecular weight is 413 g/mol. The van der Waals surface area contributed by atoms with Gasteiger partial charge in [0.1, 0.15) is 5.00 Å². The van der Waals surface area contributed by atoms with Crippen LogP contribution in [0.25, 0.3) is 0 Å². The second kappa shape index (κ2) is 8.67. The van der Waals surface area contributed by atoms with Gasteiger partial charge in [0.15, 0.2) is 0 Å². The van der Waals surface area contributed by atoms with E-state index in [9.17, 15) is 9.59 Å². The van der Waals surface area contributed by atoms with Gasteiger partial charge in [0.05, 0.1) is 24.3 Å². The van der Waals surface area contributed by atoms with Crippen LogP contribution >= 0.6 is 11.3 Å². The topological polar surface area (TPSA) is 58.6 Å². The van der Waals surface area contributed by atoms with E-state index >= 15 is 0 Å². The number of morpholine rings is 1. The number of fused-ring (bicyclic) bond motifs is 1.